The summed E-state index contributed by atoms with van der Waals surface area (Å²) in [5.41, 5.74) is -1.28. The molecule has 1 rings (SSSR count). The fraction of sp³-hybridized carbons (Fsp3) is 1.00. The Morgan fingerprint density at radius 1 is 0.656 bits per heavy atom. The summed E-state index contributed by atoms with van der Waals surface area (Å²) in [6, 6.07) is 0. The maximum atomic E-state index is 12.9. The van der Waals surface area contributed by atoms with Gasteiger partial charge in [-0.2, -0.15) is 26.3 Å². The minimum absolute atomic E-state index is 0.120. The van der Waals surface area contributed by atoms with Crippen molar-refractivity contribution in [1.29, 1.82) is 0 Å². The van der Waals surface area contributed by atoms with Crippen LogP contribution < -0.4 is 0 Å². The number of rotatable bonds is 17. The van der Waals surface area contributed by atoms with E-state index in [4.69, 9.17) is 9.47 Å². The fourth-order valence-corrected chi connectivity index (χ4v) is 4.53. The summed E-state index contributed by atoms with van der Waals surface area (Å²) < 4.78 is 88.1. The monoisotopic (exact) mass is 476 g/mol. The van der Waals surface area contributed by atoms with Gasteiger partial charge in [-0.25, -0.2) is 0 Å². The number of alkyl halides is 6. The van der Waals surface area contributed by atoms with E-state index < -0.39 is 36.9 Å². The SMILES string of the molecule is CCCCCCCCCCCCCCC1(CCC(F)(F)F)OCCOC1CCC(F)(F)F. The second-order valence-corrected chi connectivity index (χ2v) is 9.18. The Morgan fingerprint density at radius 3 is 1.66 bits per heavy atom. The average Bonchev–Trinajstić information content (AvgIpc) is 2.71. The Balaban J connectivity index is 2.41. The van der Waals surface area contributed by atoms with Crippen molar-refractivity contribution in [2.45, 2.75) is 140 Å². The maximum absolute atomic E-state index is 12.9. The second-order valence-electron chi connectivity index (χ2n) is 9.18. The van der Waals surface area contributed by atoms with E-state index in [0.717, 1.165) is 25.7 Å². The highest BCUT2D eigenvalue weighted by atomic mass is 19.4. The molecule has 1 aliphatic rings. The second kappa shape index (κ2) is 15.4. The number of hydrogen-bond acceptors (Lipinski definition) is 2. The molecule has 0 aliphatic carbocycles. The van der Waals surface area contributed by atoms with Gasteiger partial charge in [-0.05, 0) is 19.3 Å². The standard InChI is InChI=1S/C24H42F6O2/c1-2-3-4-5-6-7-8-9-10-11-12-13-15-22(17-18-24(28,29)30)21(31-19-20-32-22)14-16-23(25,26)27/h21H,2-20H2,1H3. The van der Waals surface area contributed by atoms with Crippen LogP contribution in [-0.2, 0) is 9.47 Å². The van der Waals surface area contributed by atoms with Crippen molar-refractivity contribution in [2.24, 2.45) is 0 Å². The molecule has 0 N–H and O–H groups in total. The van der Waals surface area contributed by atoms with E-state index in [-0.39, 0.29) is 26.1 Å². The summed E-state index contributed by atoms with van der Waals surface area (Å²) in [7, 11) is 0. The molecular formula is C24H42F6O2. The van der Waals surface area contributed by atoms with E-state index in [1.807, 2.05) is 0 Å². The fourth-order valence-electron chi connectivity index (χ4n) is 4.53. The van der Waals surface area contributed by atoms with E-state index in [2.05, 4.69) is 6.92 Å². The highest BCUT2D eigenvalue weighted by Crippen LogP contribution is 2.40. The van der Waals surface area contributed by atoms with Gasteiger partial charge < -0.3 is 9.47 Å². The smallest absolute Gasteiger partial charge is 0.373 e. The molecule has 0 radical (unpaired) electrons. The molecule has 2 unspecified atom stereocenters. The number of hydrogen-bond donors (Lipinski definition) is 0. The summed E-state index contributed by atoms with van der Waals surface area (Å²) in [5, 5.41) is 0. The zero-order valence-corrected chi connectivity index (χ0v) is 19.6. The largest absolute Gasteiger partial charge is 0.389 e. The van der Waals surface area contributed by atoms with Gasteiger partial charge in [0, 0.05) is 12.8 Å². The summed E-state index contributed by atoms with van der Waals surface area (Å²) in [6.45, 7) is 2.45. The maximum Gasteiger partial charge on any atom is 0.389 e. The van der Waals surface area contributed by atoms with E-state index in [9.17, 15) is 26.3 Å². The van der Waals surface area contributed by atoms with E-state index in [1.54, 1.807) is 0 Å². The molecule has 1 aliphatic heterocycles. The molecule has 0 spiro atoms. The first-order valence-corrected chi connectivity index (χ1v) is 12.5. The van der Waals surface area contributed by atoms with Gasteiger partial charge in [0.15, 0.2) is 0 Å². The number of ether oxygens (including phenoxy) is 2. The molecule has 0 saturated carbocycles. The third kappa shape index (κ3) is 13.9. The highest BCUT2D eigenvalue weighted by molar-refractivity contribution is 4.93. The zero-order chi connectivity index (χ0) is 23.9. The Labute approximate surface area is 189 Å². The first-order chi connectivity index (χ1) is 15.1. The molecule has 1 saturated heterocycles. The molecule has 8 heteroatoms. The van der Waals surface area contributed by atoms with Crippen LogP contribution in [0.3, 0.4) is 0 Å². The predicted octanol–water partition coefficient (Wildman–Crippen LogP) is 8.92. The lowest BCUT2D eigenvalue weighted by Gasteiger charge is -2.44. The molecule has 2 atom stereocenters. The number of halogens is 6. The van der Waals surface area contributed by atoms with Gasteiger partial charge in [0.05, 0.1) is 24.9 Å². The summed E-state index contributed by atoms with van der Waals surface area (Å²) in [5.74, 6) is 0. The van der Waals surface area contributed by atoms with E-state index in [1.165, 1.54) is 44.9 Å². The lowest BCUT2D eigenvalue weighted by Crippen LogP contribution is -2.52. The Hall–Kier alpha value is -0.500. The molecule has 192 valence electrons. The summed E-state index contributed by atoms with van der Waals surface area (Å²) in [4.78, 5) is 0. The summed E-state index contributed by atoms with van der Waals surface area (Å²) in [6.07, 6.45) is 1.34. The van der Waals surface area contributed by atoms with Gasteiger partial charge in [0.25, 0.3) is 0 Å². The third-order valence-corrected chi connectivity index (χ3v) is 6.35. The minimum Gasteiger partial charge on any atom is -0.373 e. The van der Waals surface area contributed by atoms with Crippen LogP contribution >= 0.6 is 0 Å². The highest BCUT2D eigenvalue weighted by Gasteiger charge is 2.46. The van der Waals surface area contributed by atoms with Crippen LogP contribution in [0.4, 0.5) is 26.3 Å². The Morgan fingerprint density at radius 2 is 1.16 bits per heavy atom. The lowest BCUT2D eigenvalue weighted by atomic mass is 9.82. The van der Waals surface area contributed by atoms with Crippen molar-refractivity contribution in [3.63, 3.8) is 0 Å². The van der Waals surface area contributed by atoms with Crippen LogP contribution in [0.1, 0.15) is 116 Å². The molecule has 32 heavy (non-hydrogen) atoms. The molecule has 1 heterocycles. The van der Waals surface area contributed by atoms with Crippen LogP contribution in [0.5, 0.6) is 0 Å². The molecular weight excluding hydrogens is 434 g/mol. The van der Waals surface area contributed by atoms with Crippen molar-refractivity contribution >= 4 is 0 Å². The van der Waals surface area contributed by atoms with Gasteiger partial charge in [-0.1, -0.05) is 84.0 Å². The van der Waals surface area contributed by atoms with Crippen molar-refractivity contribution < 1.29 is 35.8 Å². The van der Waals surface area contributed by atoms with Crippen LogP contribution in [0.15, 0.2) is 0 Å². The van der Waals surface area contributed by atoms with Crippen molar-refractivity contribution in [3.8, 4) is 0 Å². The van der Waals surface area contributed by atoms with E-state index >= 15 is 0 Å². The van der Waals surface area contributed by atoms with Crippen LogP contribution in [0, 0.1) is 0 Å². The first-order valence-electron chi connectivity index (χ1n) is 12.5. The summed E-state index contributed by atoms with van der Waals surface area (Å²) >= 11 is 0. The van der Waals surface area contributed by atoms with Gasteiger partial charge in [-0.3, -0.25) is 0 Å². The minimum atomic E-state index is -4.38. The van der Waals surface area contributed by atoms with Gasteiger partial charge in [0.2, 0.25) is 0 Å². The topological polar surface area (TPSA) is 18.5 Å². The number of unbranched alkanes of at least 4 members (excludes halogenated alkanes) is 11. The predicted molar refractivity (Wildman–Crippen MR) is 115 cm³/mol. The first kappa shape index (κ1) is 29.5. The lowest BCUT2D eigenvalue weighted by molar-refractivity contribution is -0.232. The third-order valence-electron chi connectivity index (χ3n) is 6.35. The van der Waals surface area contributed by atoms with Gasteiger partial charge in [0.1, 0.15) is 0 Å². The average molecular weight is 477 g/mol. The van der Waals surface area contributed by atoms with Crippen LogP contribution in [0.25, 0.3) is 0 Å². The van der Waals surface area contributed by atoms with Crippen LogP contribution in [0.2, 0.25) is 0 Å². The van der Waals surface area contributed by atoms with Gasteiger partial charge in [-0.15, -0.1) is 0 Å². The Bertz CT molecular complexity index is 466. The van der Waals surface area contributed by atoms with Crippen LogP contribution in [-0.4, -0.2) is 37.3 Å². The molecule has 0 aromatic carbocycles. The van der Waals surface area contributed by atoms with Crippen molar-refractivity contribution in [2.75, 3.05) is 13.2 Å². The van der Waals surface area contributed by atoms with Gasteiger partial charge >= 0.3 is 12.4 Å². The Kier molecular flexibility index (Phi) is 14.2. The quantitative estimate of drug-likeness (QED) is 0.154. The normalized spacial score (nSPS) is 22.4. The van der Waals surface area contributed by atoms with Crippen molar-refractivity contribution in [1.82, 2.24) is 0 Å². The van der Waals surface area contributed by atoms with Crippen molar-refractivity contribution in [3.05, 3.63) is 0 Å². The zero-order valence-electron chi connectivity index (χ0n) is 19.6. The van der Waals surface area contributed by atoms with E-state index in [0.29, 0.717) is 12.8 Å². The molecule has 0 aromatic heterocycles. The molecule has 1 fully saturated rings. The molecule has 2 nitrogen and oxygen atoms in total. The molecule has 0 amide bonds. The molecule has 0 aromatic rings. The molecule has 0 bridgehead atoms.